The minimum absolute atomic E-state index is 0. The van der Waals surface area contributed by atoms with Gasteiger partial charge in [0.25, 0.3) is 0 Å². The van der Waals surface area contributed by atoms with Crippen LogP contribution in [0.1, 0.15) is 51.0 Å². The molecule has 0 heterocycles. The van der Waals surface area contributed by atoms with E-state index in [1.165, 1.54) is 32.1 Å². The first kappa shape index (κ1) is 24.2. The van der Waals surface area contributed by atoms with Gasteiger partial charge < -0.3 is 16.0 Å². The Kier molecular flexibility index (Phi) is 11.4. The van der Waals surface area contributed by atoms with E-state index in [1.807, 2.05) is 30.3 Å². The van der Waals surface area contributed by atoms with E-state index in [-0.39, 0.29) is 30.7 Å². The van der Waals surface area contributed by atoms with E-state index >= 15 is 0 Å². The lowest BCUT2D eigenvalue weighted by Crippen LogP contribution is -2.49. The Morgan fingerprint density at radius 1 is 1.20 bits per heavy atom. The fourth-order valence-corrected chi connectivity index (χ4v) is 3.33. The maximum Gasteiger partial charge on any atom is 0.244 e. The van der Waals surface area contributed by atoms with Crippen LogP contribution in [0.15, 0.2) is 30.3 Å². The van der Waals surface area contributed by atoms with Gasteiger partial charge in [-0.2, -0.15) is 0 Å². The lowest BCUT2D eigenvalue weighted by Gasteiger charge is -2.31. The Hall–Kier alpha value is -0.810. The van der Waals surface area contributed by atoms with E-state index in [4.69, 9.17) is 5.73 Å². The molecule has 1 aromatic carbocycles. The third-order valence-electron chi connectivity index (χ3n) is 5.02. The molecule has 0 bridgehead atoms. The van der Waals surface area contributed by atoms with Crippen molar-refractivity contribution in [1.82, 2.24) is 10.2 Å². The number of nitrogens with zero attached hydrogens (tertiary/aromatic N) is 1. The van der Waals surface area contributed by atoms with Crippen LogP contribution < -0.4 is 11.1 Å². The van der Waals surface area contributed by atoms with E-state index in [0.29, 0.717) is 6.54 Å². The number of hydrogen-bond donors (Lipinski definition) is 2. The molecule has 0 spiro atoms. The molecule has 1 aromatic rings. The predicted octanol–water partition coefficient (Wildman–Crippen LogP) is 3.47. The van der Waals surface area contributed by atoms with Gasteiger partial charge in [-0.3, -0.25) is 4.79 Å². The topological polar surface area (TPSA) is 58.4 Å². The Balaban J connectivity index is 0.00000288. The maximum atomic E-state index is 12.4. The molecular weight excluding hydrogens is 357 g/mol. The largest absolute Gasteiger partial charge is 0.354 e. The molecule has 1 amide bonds. The second-order valence-corrected chi connectivity index (χ2v) is 6.95. The first-order chi connectivity index (χ1) is 11.0. The van der Waals surface area contributed by atoms with Crippen LogP contribution in [0, 0.1) is 0 Å². The van der Waals surface area contributed by atoms with Crippen molar-refractivity contribution < 1.29 is 4.79 Å². The summed E-state index contributed by atoms with van der Waals surface area (Å²) >= 11 is 0. The second kappa shape index (κ2) is 11.7. The molecule has 1 unspecified atom stereocenters. The number of rotatable bonds is 7. The van der Waals surface area contributed by atoms with E-state index in [9.17, 15) is 4.79 Å². The maximum absolute atomic E-state index is 12.4. The van der Waals surface area contributed by atoms with Gasteiger partial charge in [0.15, 0.2) is 0 Å². The van der Waals surface area contributed by atoms with Crippen LogP contribution in [0.4, 0.5) is 0 Å². The Morgan fingerprint density at radius 2 is 1.80 bits per heavy atom. The van der Waals surface area contributed by atoms with Gasteiger partial charge in [0.2, 0.25) is 5.91 Å². The number of carbonyl (C=O) groups is 1. The molecule has 4 nitrogen and oxygen atoms in total. The molecule has 144 valence electrons. The summed E-state index contributed by atoms with van der Waals surface area (Å²) in [5, 5.41) is 2.99. The van der Waals surface area contributed by atoms with Crippen molar-refractivity contribution in [2.75, 3.05) is 20.1 Å². The van der Waals surface area contributed by atoms with Crippen molar-refractivity contribution in [2.24, 2.45) is 5.73 Å². The zero-order chi connectivity index (χ0) is 16.7. The molecule has 6 heteroatoms. The summed E-state index contributed by atoms with van der Waals surface area (Å²) in [4.78, 5) is 14.8. The minimum Gasteiger partial charge on any atom is -0.354 e. The van der Waals surface area contributed by atoms with Gasteiger partial charge in [-0.15, -0.1) is 24.8 Å². The lowest BCUT2D eigenvalue weighted by atomic mass is 9.92. The predicted molar refractivity (Wildman–Crippen MR) is 110 cm³/mol. The molecular formula is C19H33Cl2N3O. The van der Waals surface area contributed by atoms with Crippen LogP contribution >= 0.6 is 24.8 Å². The third kappa shape index (κ3) is 7.14. The molecule has 1 fully saturated rings. The van der Waals surface area contributed by atoms with Crippen LogP contribution in [-0.4, -0.2) is 37.0 Å². The smallest absolute Gasteiger partial charge is 0.244 e. The van der Waals surface area contributed by atoms with Crippen molar-refractivity contribution in [3.8, 4) is 0 Å². The average molecular weight is 390 g/mol. The number of benzene rings is 1. The zero-order valence-electron chi connectivity index (χ0n) is 15.4. The van der Waals surface area contributed by atoms with E-state index in [1.54, 1.807) is 6.92 Å². The Labute approximate surface area is 164 Å². The van der Waals surface area contributed by atoms with Gasteiger partial charge in [0.05, 0.1) is 0 Å². The van der Waals surface area contributed by atoms with Gasteiger partial charge in [-0.1, -0.05) is 49.6 Å². The van der Waals surface area contributed by atoms with Gasteiger partial charge in [0, 0.05) is 12.6 Å². The number of carbonyl (C=O) groups excluding carboxylic acids is 1. The number of nitrogens with two attached hydrogens (primary N) is 1. The summed E-state index contributed by atoms with van der Waals surface area (Å²) in [5.74, 6) is -0.107. The Morgan fingerprint density at radius 3 is 2.40 bits per heavy atom. The van der Waals surface area contributed by atoms with Crippen molar-refractivity contribution in [1.29, 1.82) is 0 Å². The van der Waals surface area contributed by atoms with Gasteiger partial charge >= 0.3 is 0 Å². The molecule has 0 aromatic heterocycles. The minimum atomic E-state index is -0.976. The SMILES string of the molecule is CN(CCCNC(=O)C(C)(N)c1ccccc1)C1CCCCC1.Cl.Cl. The molecule has 0 saturated heterocycles. The van der Waals surface area contributed by atoms with Crippen LogP contribution in [-0.2, 0) is 10.3 Å². The van der Waals surface area contributed by atoms with Crippen LogP contribution in [0.5, 0.6) is 0 Å². The summed E-state index contributed by atoms with van der Waals surface area (Å²) in [7, 11) is 2.20. The number of hydrogen-bond acceptors (Lipinski definition) is 3. The normalized spacial score (nSPS) is 17.1. The molecule has 1 saturated carbocycles. The molecule has 0 radical (unpaired) electrons. The number of amides is 1. The van der Waals surface area contributed by atoms with Crippen molar-refractivity contribution in [3.63, 3.8) is 0 Å². The lowest BCUT2D eigenvalue weighted by molar-refractivity contribution is -0.126. The molecule has 1 aliphatic carbocycles. The summed E-state index contributed by atoms with van der Waals surface area (Å²) in [6, 6.07) is 10.3. The molecule has 25 heavy (non-hydrogen) atoms. The summed E-state index contributed by atoms with van der Waals surface area (Å²) in [6.45, 7) is 3.47. The van der Waals surface area contributed by atoms with Gasteiger partial charge in [-0.25, -0.2) is 0 Å². The highest BCUT2D eigenvalue weighted by Crippen LogP contribution is 2.21. The summed E-state index contributed by atoms with van der Waals surface area (Å²) in [6.07, 6.45) is 7.69. The molecule has 1 aliphatic rings. The third-order valence-corrected chi connectivity index (χ3v) is 5.02. The van der Waals surface area contributed by atoms with E-state index in [0.717, 1.165) is 24.6 Å². The fourth-order valence-electron chi connectivity index (χ4n) is 3.33. The highest BCUT2D eigenvalue weighted by molar-refractivity contribution is 5.87. The first-order valence-corrected chi connectivity index (χ1v) is 8.85. The van der Waals surface area contributed by atoms with Crippen LogP contribution in [0.25, 0.3) is 0 Å². The molecule has 2 rings (SSSR count). The number of halogens is 2. The second-order valence-electron chi connectivity index (χ2n) is 6.95. The average Bonchev–Trinajstić information content (AvgIpc) is 2.59. The fraction of sp³-hybridized carbons (Fsp3) is 0.632. The van der Waals surface area contributed by atoms with Crippen LogP contribution in [0.3, 0.4) is 0 Å². The molecule has 1 atom stereocenters. The highest BCUT2D eigenvalue weighted by Gasteiger charge is 2.29. The Bertz CT molecular complexity index is 491. The van der Waals surface area contributed by atoms with Crippen molar-refractivity contribution in [2.45, 2.75) is 57.0 Å². The van der Waals surface area contributed by atoms with E-state index < -0.39 is 5.54 Å². The van der Waals surface area contributed by atoms with Gasteiger partial charge in [-0.05, 0) is 45.3 Å². The molecule has 0 aliphatic heterocycles. The summed E-state index contributed by atoms with van der Waals surface area (Å²) in [5.41, 5.74) is 6.09. The number of nitrogens with one attached hydrogen (secondary N) is 1. The van der Waals surface area contributed by atoms with Crippen molar-refractivity contribution >= 4 is 30.7 Å². The van der Waals surface area contributed by atoms with E-state index in [2.05, 4.69) is 17.3 Å². The highest BCUT2D eigenvalue weighted by atomic mass is 35.5. The standard InChI is InChI=1S/C19H31N3O.2ClH/c1-19(20,16-10-5-3-6-11-16)18(23)21-14-9-15-22(2)17-12-7-4-8-13-17;;/h3,5-6,10-11,17H,4,7-9,12-15,20H2,1-2H3,(H,21,23);2*1H. The van der Waals surface area contributed by atoms with Crippen molar-refractivity contribution in [3.05, 3.63) is 35.9 Å². The van der Waals surface area contributed by atoms with Gasteiger partial charge in [0.1, 0.15) is 5.54 Å². The quantitative estimate of drug-likeness (QED) is 0.701. The van der Waals surface area contributed by atoms with Crippen LogP contribution in [0.2, 0.25) is 0 Å². The zero-order valence-corrected chi connectivity index (χ0v) is 17.0. The summed E-state index contributed by atoms with van der Waals surface area (Å²) < 4.78 is 0. The molecule has 3 N–H and O–H groups in total. The monoisotopic (exact) mass is 389 g/mol. The first-order valence-electron chi connectivity index (χ1n) is 8.85.